The Labute approximate surface area is 174 Å². The summed E-state index contributed by atoms with van der Waals surface area (Å²) in [5.41, 5.74) is 0. The summed E-state index contributed by atoms with van der Waals surface area (Å²) >= 11 is 0. The third-order valence-corrected chi connectivity index (χ3v) is 4.79. The molecular weight excluding hydrogens is 352 g/mol. The number of allylic oxidation sites excluding steroid dienone is 2. The second-order valence-electron chi connectivity index (χ2n) is 7.60. The van der Waals surface area contributed by atoms with Gasteiger partial charge < -0.3 is 14.6 Å². The first-order valence-electron chi connectivity index (χ1n) is 11.8. The van der Waals surface area contributed by atoms with Crippen molar-refractivity contribution in [3.8, 4) is 0 Å². The van der Waals surface area contributed by atoms with Gasteiger partial charge in [-0.3, -0.25) is 4.79 Å². The average molecular weight is 399 g/mol. The molecule has 0 aromatic carbocycles. The van der Waals surface area contributed by atoms with Gasteiger partial charge in [-0.1, -0.05) is 70.4 Å². The highest BCUT2D eigenvalue weighted by atomic mass is 16.5. The zero-order chi connectivity index (χ0) is 20.5. The van der Waals surface area contributed by atoms with E-state index in [1.807, 2.05) is 0 Å². The van der Waals surface area contributed by atoms with Crippen molar-refractivity contribution in [1.29, 1.82) is 0 Å². The molecule has 0 atom stereocenters. The van der Waals surface area contributed by atoms with E-state index in [1.165, 1.54) is 70.6 Å². The van der Waals surface area contributed by atoms with Crippen LogP contribution < -0.4 is 0 Å². The highest BCUT2D eigenvalue weighted by molar-refractivity contribution is 5.69. The molecule has 0 aromatic rings. The van der Waals surface area contributed by atoms with Crippen molar-refractivity contribution in [2.24, 2.45) is 0 Å². The first-order valence-corrected chi connectivity index (χ1v) is 11.8. The molecule has 0 unspecified atom stereocenters. The summed E-state index contributed by atoms with van der Waals surface area (Å²) in [6.07, 6.45) is 23.0. The molecule has 1 N–H and O–H groups in total. The summed E-state index contributed by atoms with van der Waals surface area (Å²) < 4.78 is 10.5. The molecule has 166 valence electrons. The number of aliphatic hydroxyl groups excluding tert-OH is 1. The molecular formula is C24H46O4. The van der Waals surface area contributed by atoms with Crippen molar-refractivity contribution in [3.05, 3.63) is 12.2 Å². The van der Waals surface area contributed by atoms with Crippen LogP contribution in [0.3, 0.4) is 0 Å². The average Bonchev–Trinajstić information content (AvgIpc) is 2.70. The lowest BCUT2D eigenvalue weighted by atomic mass is 10.1. The molecule has 4 heteroatoms. The van der Waals surface area contributed by atoms with Crippen LogP contribution in [0.4, 0.5) is 0 Å². The Morgan fingerprint density at radius 1 is 0.714 bits per heavy atom. The highest BCUT2D eigenvalue weighted by Crippen LogP contribution is 2.10. The first-order chi connectivity index (χ1) is 13.8. The van der Waals surface area contributed by atoms with E-state index in [-0.39, 0.29) is 12.6 Å². The van der Waals surface area contributed by atoms with Crippen molar-refractivity contribution in [1.82, 2.24) is 0 Å². The molecule has 0 heterocycles. The molecule has 4 nitrogen and oxygen atoms in total. The minimum atomic E-state index is -0.0898. The van der Waals surface area contributed by atoms with Crippen molar-refractivity contribution in [2.45, 2.75) is 110 Å². The van der Waals surface area contributed by atoms with Gasteiger partial charge in [0.15, 0.2) is 0 Å². The predicted octanol–water partition coefficient (Wildman–Crippen LogP) is 6.36. The SMILES string of the molecule is CCCCCCCC/C=C\CCCCCCCC(=O)OCCCOCCCO. The number of hydrogen-bond donors (Lipinski definition) is 1. The molecule has 0 aromatic heterocycles. The number of rotatable bonds is 22. The van der Waals surface area contributed by atoms with Gasteiger partial charge in [0.25, 0.3) is 0 Å². The van der Waals surface area contributed by atoms with Gasteiger partial charge in [-0.05, 0) is 38.5 Å². The molecule has 0 fully saturated rings. The van der Waals surface area contributed by atoms with Crippen molar-refractivity contribution < 1.29 is 19.4 Å². The van der Waals surface area contributed by atoms with Crippen molar-refractivity contribution in [2.75, 3.05) is 26.4 Å². The van der Waals surface area contributed by atoms with Gasteiger partial charge in [0.1, 0.15) is 0 Å². The van der Waals surface area contributed by atoms with Gasteiger partial charge in [-0.15, -0.1) is 0 Å². The van der Waals surface area contributed by atoms with Crippen LogP contribution in [0.1, 0.15) is 110 Å². The molecule has 0 aliphatic rings. The third-order valence-electron chi connectivity index (χ3n) is 4.79. The normalized spacial score (nSPS) is 11.4. The zero-order valence-electron chi connectivity index (χ0n) is 18.5. The number of carbonyl (C=O) groups excluding carboxylic acids is 1. The Balaban J connectivity index is 3.19. The maximum absolute atomic E-state index is 11.6. The Hall–Kier alpha value is -0.870. The second kappa shape index (κ2) is 24.2. The largest absolute Gasteiger partial charge is 0.466 e. The Morgan fingerprint density at radius 3 is 1.93 bits per heavy atom. The van der Waals surface area contributed by atoms with Gasteiger partial charge in [0.2, 0.25) is 0 Å². The van der Waals surface area contributed by atoms with Crippen LogP contribution in [0, 0.1) is 0 Å². The van der Waals surface area contributed by atoms with Crippen LogP contribution >= 0.6 is 0 Å². The molecule has 0 saturated carbocycles. The van der Waals surface area contributed by atoms with Gasteiger partial charge >= 0.3 is 5.97 Å². The number of unbranched alkanes of at least 4 members (excludes halogenated alkanes) is 11. The molecule has 0 aliphatic carbocycles. The van der Waals surface area contributed by atoms with E-state index in [9.17, 15) is 4.79 Å². The standard InChI is InChI=1S/C24H46O4/c1-2-3-4-5-6-7-8-9-10-11-12-13-14-15-16-19-24(26)28-23-18-22-27-21-17-20-25/h9-10,25H,2-8,11-23H2,1H3/b10-9-. The topological polar surface area (TPSA) is 55.8 Å². The van der Waals surface area contributed by atoms with Crippen LogP contribution in [0.2, 0.25) is 0 Å². The lowest BCUT2D eigenvalue weighted by Crippen LogP contribution is -2.08. The highest BCUT2D eigenvalue weighted by Gasteiger charge is 2.02. The van der Waals surface area contributed by atoms with Crippen molar-refractivity contribution in [3.63, 3.8) is 0 Å². The molecule has 0 spiro atoms. The number of carbonyl (C=O) groups is 1. The molecule has 0 aliphatic heterocycles. The lowest BCUT2D eigenvalue weighted by Gasteiger charge is -2.05. The molecule has 28 heavy (non-hydrogen) atoms. The minimum Gasteiger partial charge on any atom is -0.466 e. The fraction of sp³-hybridized carbons (Fsp3) is 0.875. The van der Waals surface area contributed by atoms with Crippen LogP contribution in [-0.4, -0.2) is 37.5 Å². The Bertz CT molecular complexity index is 341. The van der Waals surface area contributed by atoms with E-state index in [2.05, 4.69) is 19.1 Å². The second-order valence-corrected chi connectivity index (χ2v) is 7.60. The quantitative estimate of drug-likeness (QED) is 0.131. The van der Waals surface area contributed by atoms with E-state index in [0.29, 0.717) is 32.7 Å². The van der Waals surface area contributed by atoms with Gasteiger partial charge in [0.05, 0.1) is 6.61 Å². The molecule has 0 amide bonds. The van der Waals surface area contributed by atoms with Gasteiger partial charge in [-0.25, -0.2) is 0 Å². The number of hydrogen-bond acceptors (Lipinski definition) is 4. The van der Waals surface area contributed by atoms with Crippen LogP contribution in [-0.2, 0) is 14.3 Å². The van der Waals surface area contributed by atoms with Gasteiger partial charge in [0, 0.05) is 32.7 Å². The van der Waals surface area contributed by atoms with E-state index in [1.54, 1.807) is 0 Å². The monoisotopic (exact) mass is 398 g/mol. The first kappa shape index (κ1) is 27.1. The minimum absolute atomic E-state index is 0.0898. The molecule has 0 saturated heterocycles. The number of esters is 1. The number of aliphatic hydroxyl groups is 1. The van der Waals surface area contributed by atoms with Gasteiger partial charge in [-0.2, -0.15) is 0 Å². The Kier molecular flexibility index (Phi) is 23.4. The fourth-order valence-electron chi connectivity index (χ4n) is 3.03. The molecule has 0 rings (SSSR count). The zero-order valence-corrected chi connectivity index (χ0v) is 18.5. The lowest BCUT2D eigenvalue weighted by molar-refractivity contribution is -0.144. The summed E-state index contributed by atoms with van der Waals surface area (Å²) in [7, 11) is 0. The maximum atomic E-state index is 11.6. The molecule has 0 radical (unpaired) electrons. The summed E-state index contributed by atoms with van der Waals surface area (Å²) in [5.74, 6) is -0.0898. The van der Waals surface area contributed by atoms with Crippen LogP contribution in [0.15, 0.2) is 12.2 Å². The molecule has 0 bridgehead atoms. The summed E-state index contributed by atoms with van der Waals surface area (Å²) in [4.78, 5) is 11.6. The Morgan fingerprint density at radius 2 is 1.29 bits per heavy atom. The summed E-state index contributed by atoms with van der Waals surface area (Å²) in [6.45, 7) is 4.01. The summed E-state index contributed by atoms with van der Waals surface area (Å²) in [6, 6.07) is 0. The van der Waals surface area contributed by atoms with E-state index >= 15 is 0 Å². The predicted molar refractivity (Wildman–Crippen MR) is 118 cm³/mol. The van der Waals surface area contributed by atoms with Crippen LogP contribution in [0.5, 0.6) is 0 Å². The third kappa shape index (κ3) is 23.2. The van der Waals surface area contributed by atoms with Crippen molar-refractivity contribution >= 4 is 5.97 Å². The van der Waals surface area contributed by atoms with E-state index in [4.69, 9.17) is 14.6 Å². The van der Waals surface area contributed by atoms with E-state index < -0.39 is 0 Å². The maximum Gasteiger partial charge on any atom is 0.305 e. The smallest absolute Gasteiger partial charge is 0.305 e. The van der Waals surface area contributed by atoms with E-state index in [0.717, 1.165) is 19.3 Å². The number of ether oxygens (including phenoxy) is 2. The fourth-order valence-corrected chi connectivity index (χ4v) is 3.03. The summed E-state index contributed by atoms with van der Waals surface area (Å²) in [5, 5.41) is 8.62. The van der Waals surface area contributed by atoms with Crippen LogP contribution in [0.25, 0.3) is 0 Å².